The fraction of sp³-hybridized carbons (Fsp3) is 0.0526. The van der Waals surface area contributed by atoms with Gasteiger partial charge in [0.1, 0.15) is 16.2 Å². The van der Waals surface area contributed by atoms with Crippen LogP contribution in [0, 0.1) is 6.92 Å². The zero-order chi connectivity index (χ0) is 18.3. The third-order valence-electron chi connectivity index (χ3n) is 4.00. The number of aromatic nitrogens is 1. The van der Waals surface area contributed by atoms with Gasteiger partial charge in [0, 0.05) is 29.1 Å². The molecule has 6 nitrogen and oxygen atoms in total. The van der Waals surface area contributed by atoms with Gasteiger partial charge in [-0.25, -0.2) is 4.79 Å². The highest BCUT2D eigenvalue weighted by atomic mass is 32.2. The number of benzene rings is 2. The molecule has 0 radical (unpaired) electrons. The first-order chi connectivity index (χ1) is 12.4. The number of aryl methyl sites for hydroxylation is 1. The summed E-state index contributed by atoms with van der Waals surface area (Å²) in [6, 6.07) is 13.9. The van der Waals surface area contributed by atoms with Crippen molar-refractivity contribution in [2.24, 2.45) is 0 Å². The molecule has 0 aliphatic heterocycles. The molecule has 0 aliphatic rings. The Hall–Kier alpha value is -3.19. The predicted molar refractivity (Wildman–Crippen MR) is 96.8 cm³/mol. The van der Waals surface area contributed by atoms with Crippen LogP contribution in [0.1, 0.15) is 5.56 Å². The standard InChI is InChI=1S/C19H13NO5S/c1-12-4-8-17(15-3-2-10-20-19(12)15)26(22,23)25-14-7-5-13-6-9-18(21)24-16(13)11-14/h2-11H,1H3. The SMILES string of the molecule is Cc1ccc(S(=O)(=O)Oc2ccc3ccc(=O)oc3c2)c2cccnc12. The van der Waals surface area contributed by atoms with E-state index >= 15 is 0 Å². The Kier molecular flexibility index (Phi) is 3.73. The first kappa shape index (κ1) is 16.3. The number of hydrogen-bond acceptors (Lipinski definition) is 6. The van der Waals surface area contributed by atoms with Gasteiger partial charge in [0.25, 0.3) is 0 Å². The van der Waals surface area contributed by atoms with Gasteiger partial charge in [-0.05, 0) is 48.9 Å². The summed E-state index contributed by atoms with van der Waals surface area (Å²) >= 11 is 0. The highest BCUT2D eigenvalue weighted by Gasteiger charge is 2.21. The van der Waals surface area contributed by atoms with E-state index in [4.69, 9.17) is 8.60 Å². The maximum atomic E-state index is 12.8. The normalized spacial score (nSPS) is 11.7. The van der Waals surface area contributed by atoms with Gasteiger partial charge in [-0.1, -0.05) is 6.07 Å². The average molecular weight is 367 g/mol. The Bertz CT molecular complexity index is 1310. The summed E-state index contributed by atoms with van der Waals surface area (Å²) in [5.41, 5.74) is 1.20. The number of hydrogen-bond donors (Lipinski definition) is 0. The molecular weight excluding hydrogens is 354 g/mol. The molecule has 0 saturated carbocycles. The first-order valence-electron chi connectivity index (χ1n) is 7.77. The van der Waals surface area contributed by atoms with Gasteiger partial charge in [0.2, 0.25) is 0 Å². The molecule has 0 bridgehead atoms. The maximum absolute atomic E-state index is 12.8. The second-order valence-corrected chi connectivity index (χ2v) is 7.29. The van der Waals surface area contributed by atoms with Gasteiger partial charge < -0.3 is 8.60 Å². The average Bonchev–Trinajstić information content (AvgIpc) is 2.61. The molecule has 0 spiro atoms. The van der Waals surface area contributed by atoms with Crippen molar-refractivity contribution in [3.8, 4) is 5.75 Å². The molecule has 0 atom stereocenters. The van der Waals surface area contributed by atoms with Crippen LogP contribution in [0.25, 0.3) is 21.9 Å². The lowest BCUT2D eigenvalue weighted by atomic mass is 10.1. The second kappa shape index (κ2) is 5.96. The Labute approximate surface area is 148 Å². The van der Waals surface area contributed by atoms with Crippen LogP contribution in [-0.4, -0.2) is 13.4 Å². The van der Waals surface area contributed by atoms with E-state index in [9.17, 15) is 13.2 Å². The van der Waals surface area contributed by atoms with Crippen molar-refractivity contribution < 1.29 is 17.0 Å². The van der Waals surface area contributed by atoms with E-state index in [0.29, 0.717) is 16.3 Å². The van der Waals surface area contributed by atoms with Crippen molar-refractivity contribution in [3.05, 3.63) is 76.8 Å². The van der Waals surface area contributed by atoms with E-state index in [1.165, 1.54) is 24.3 Å². The van der Waals surface area contributed by atoms with E-state index in [0.717, 1.165) is 5.56 Å². The third-order valence-corrected chi connectivity index (χ3v) is 5.31. The van der Waals surface area contributed by atoms with E-state index in [1.54, 1.807) is 36.5 Å². The highest BCUT2D eigenvalue weighted by Crippen LogP contribution is 2.28. The number of nitrogens with zero attached hydrogens (tertiary/aromatic N) is 1. The summed E-state index contributed by atoms with van der Waals surface area (Å²) in [5.74, 6) is 0.0597. The van der Waals surface area contributed by atoms with Crippen LogP contribution in [0.5, 0.6) is 5.75 Å². The molecule has 2 aromatic carbocycles. The lowest BCUT2D eigenvalue weighted by Crippen LogP contribution is -2.10. The molecule has 2 heterocycles. The number of fused-ring (bicyclic) bond motifs is 2. The van der Waals surface area contributed by atoms with Crippen LogP contribution >= 0.6 is 0 Å². The van der Waals surface area contributed by atoms with E-state index < -0.39 is 15.7 Å². The van der Waals surface area contributed by atoms with Crippen molar-refractivity contribution >= 4 is 32.0 Å². The van der Waals surface area contributed by atoms with Crippen molar-refractivity contribution in [2.45, 2.75) is 11.8 Å². The largest absolute Gasteiger partial charge is 0.423 e. The van der Waals surface area contributed by atoms with Crippen LogP contribution in [0.3, 0.4) is 0 Å². The smallest absolute Gasteiger partial charge is 0.339 e. The second-order valence-electron chi connectivity index (χ2n) is 5.77. The summed E-state index contributed by atoms with van der Waals surface area (Å²) in [4.78, 5) is 15.6. The van der Waals surface area contributed by atoms with Gasteiger partial charge in [-0.2, -0.15) is 8.42 Å². The minimum absolute atomic E-state index is 0.0285. The monoisotopic (exact) mass is 367 g/mol. The Balaban J connectivity index is 1.81. The third kappa shape index (κ3) is 2.82. The van der Waals surface area contributed by atoms with E-state index in [-0.39, 0.29) is 16.2 Å². The van der Waals surface area contributed by atoms with Crippen molar-refractivity contribution in [2.75, 3.05) is 0 Å². The number of rotatable bonds is 3. The minimum Gasteiger partial charge on any atom is -0.423 e. The molecule has 130 valence electrons. The lowest BCUT2D eigenvalue weighted by molar-refractivity contribution is 0.486. The summed E-state index contributed by atoms with van der Waals surface area (Å²) < 4.78 is 35.9. The molecule has 4 aromatic rings. The number of pyridine rings is 1. The molecule has 0 saturated heterocycles. The van der Waals surface area contributed by atoms with Gasteiger partial charge in [0.15, 0.2) is 0 Å². The first-order valence-corrected chi connectivity index (χ1v) is 9.18. The van der Waals surface area contributed by atoms with E-state index in [1.807, 2.05) is 6.92 Å². The van der Waals surface area contributed by atoms with Crippen LogP contribution in [0.2, 0.25) is 0 Å². The summed E-state index contributed by atoms with van der Waals surface area (Å²) in [5, 5.41) is 1.15. The molecule has 0 unspecified atom stereocenters. The maximum Gasteiger partial charge on any atom is 0.339 e. The van der Waals surface area contributed by atoms with Crippen molar-refractivity contribution in [1.82, 2.24) is 4.98 Å². The summed E-state index contributed by atoms with van der Waals surface area (Å²) in [6.07, 6.45) is 1.61. The molecule has 0 N–H and O–H groups in total. The summed E-state index contributed by atoms with van der Waals surface area (Å²) in [7, 11) is -4.10. The van der Waals surface area contributed by atoms with Crippen LogP contribution in [0.4, 0.5) is 0 Å². The molecule has 0 amide bonds. The zero-order valence-corrected chi connectivity index (χ0v) is 14.5. The van der Waals surface area contributed by atoms with Gasteiger partial charge in [-0.3, -0.25) is 4.98 Å². The van der Waals surface area contributed by atoms with Crippen LogP contribution in [-0.2, 0) is 10.1 Å². The Morgan fingerprint density at radius 2 is 1.85 bits per heavy atom. The van der Waals surface area contributed by atoms with Gasteiger partial charge >= 0.3 is 15.7 Å². The van der Waals surface area contributed by atoms with Crippen LogP contribution < -0.4 is 9.81 Å². The molecule has 7 heteroatoms. The molecule has 4 rings (SSSR count). The Morgan fingerprint density at radius 3 is 2.69 bits per heavy atom. The summed E-state index contributed by atoms with van der Waals surface area (Å²) in [6.45, 7) is 1.86. The molecule has 2 aromatic heterocycles. The molecule has 0 fully saturated rings. The lowest BCUT2D eigenvalue weighted by Gasteiger charge is -2.10. The fourth-order valence-corrected chi connectivity index (χ4v) is 3.89. The fourth-order valence-electron chi connectivity index (χ4n) is 2.77. The van der Waals surface area contributed by atoms with E-state index in [2.05, 4.69) is 4.98 Å². The van der Waals surface area contributed by atoms with Gasteiger partial charge in [-0.15, -0.1) is 0 Å². The molecular formula is C19H13NO5S. The Morgan fingerprint density at radius 1 is 1.04 bits per heavy atom. The minimum atomic E-state index is -4.10. The predicted octanol–water partition coefficient (Wildman–Crippen LogP) is 3.42. The van der Waals surface area contributed by atoms with Gasteiger partial charge in [0.05, 0.1) is 5.52 Å². The molecule has 26 heavy (non-hydrogen) atoms. The molecule has 0 aliphatic carbocycles. The van der Waals surface area contributed by atoms with Crippen molar-refractivity contribution in [3.63, 3.8) is 0 Å². The zero-order valence-electron chi connectivity index (χ0n) is 13.7. The topological polar surface area (TPSA) is 86.5 Å². The quantitative estimate of drug-likeness (QED) is 0.407. The van der Waals surface area contributed by atoms with Crippen LogP contribution in [0.15, 0.2) is 74.9 Å². The highest BCUT2D eigenvalue weighted by molar-refractivity contribution is 7.87. The van der Waals surface area contributed by atoms with Crippen molar-refractivity contribution in [1.29, 1.82) is 0 Å².